The average molecular weight is 322 g/mol. The first-order valence-corrected chi connectivity index (χ1v) is 7.19. The number of ether oxygens (including phenoxy) is 2. The van der Waals surface area contributed by atoms with Crippen LogP contribution in [0.4, 0.5) is 4.39 Å². The van der Waals surface area contributed by atoms with Gasteiger partial charge in [-0.2, -0.15) is 0 Å². The Hall–Kier alpha value is -2.41. The molecule has 0 bridgehead atoms. The van der Waals surface area contributed by atoms with Crippen molar-refractivity contribution in [3.05, 3.63) is 41.2 Å². The molecule has 0 atom stereocenters. The lowest BCUT2D eigenvalue weighted by molar-refractivity contribution is -0.141. The summed E-state index contributed by atoms with van der Waals surface area (Å²) in [6.07, 6.45) is 1.05. The highest BCUT2D eigenvalue weighted by Crippen LogP contribution is 2.24. The Morgan fingerprint density at radius 3 is 2.91 bits per heavy atom. The molecule has 0 radical (unpaired) electrons. The third-order valence-electron chi connectivity index (χ3n) is 3.63. The number of methoxy groups -OCH3 is 1. The third-order valence-corrected chi connectivity index (χ3v) is 3.63. The van der Waals surface area contributed by atoms with E-state index >= 15 is 0 Å². The van der Waals surface area contributed by atoms with Crippen molar-refractivity contribution in [2.45, 2.75) is 6.42 Å². The second-order valence-corrected chi connectivity index (χ2v) is 5.13. The van der Waals surface area contributed by atoms with Crippen molar-refractivity contribution in [1.82, 2.24) is 4.90 Å². The van der Waals surface area contributed by atoms with Crippen LogP contribution < -0.4 is 10.5 Å². The second kappa shape index (κ2) is 7.73. The van der Waals surface area contributed by atoms with E-state index in [1.165, 1.54) is 12.0 Å². The SMILES string of the molecule is COC(=O)CN1CCc2cc(OC/C(=C\F)CN)ccc2C1=O. The summed E-state index contributed by atoms with van der Waals surface area (Å²) in [6.45, 7) is 0.521. The number of nitrogens with zero attached hydrogens (tertiary/aromatic N) is 1. The van der Waals surface area contributed by atoms with Gasteiger partial charge in [-0.05, 0) is 30.2 Å². The first kappa shape index (κ1) is 17.0. The van der Waals surface area contributed by atoms with Gasteiger partial charge in [0, 0.05) is 24.2 Å². The zero-order valence-corrected chi connectivity index (χ0v) is 12.9. The molecule has 0 saturated carbocycles. The molecule has 1 aliphatic heterocycles. The van der Waals surface area contributed by atoms with Crippen LogP contribution in [0.1, 0.15) is 15.9 Å². The smallest absolute Gasteiger partial charge is 0.325 e. The highest BCUT2D eigenvalue weighted by molar-refractivity contribution is 5.98. The van der Waals surface area contributed by atoms with E-state index in [2.05, 4.69) is 4.74 Å². The molecule has 7 heteroatoms. The monoisotopic (exact) mass is 322 g/mol. The minimum atomic E-state index is -0.450. The lowest BCUT2D eigenvalue weighted by atomic mass is 9.98. The highest BCUT2D eigenvalue weighted by atomic mass is 19.1. The van der Waals surface area contributed by atoms with Gasteiger partial charge in [0.25, 0.3) is 5.91 Å². The van der Waals surface area contributed by atoms with Crippen molar-refractivity contribution in [3.8, 4) is 5.75 Å². The van der Waals surface area contributed by atoms with Gasteiger partial charge in [-0.25, -0.2) is 4.39 Å². The molecule has 1 amide bonds. The predicted molar refractivity (Wildman–Crippen MR) is 81.8 cm³/mol. The molecular formula is C16H19FN2O4. The van der Waals surface area contributed by atoms with E-state index in [1.807, 2.05) is 0 Å². The van der Waals surface area contributed by atoms with Crippen LogP contribution in [0.3, 0.4) is 0 Å². The summed E-state index contributed by atoms with van der Waals surface area (Å²) in [4.78, 5) is 25.1. The molecule has 0 fully saturated rings. The summed E-state index contributed by atoms with van der Waals surface area (Å²) in [5, 5.41) is 0. The first-order chi connectivity index (χ1) is 11.1. The van der Waals surface area contributed by atoms with E-state index < -0.39 is 5.97 Å². The number of benzene rings is 1. The molecule has 1 aromatic rings. The largest absolute Gasteiger partial charge is 0.489 e. The van der Waals surface area contributed by atoms with Crippen molar-refractivity contribution >= 4 is 11.9 Å². The maximum absolute atomic E-state index is 12.5. The predicted octanol–water partition coefficient (Wildman–Crippen LogP) is 1.05. The quantitative estimate of drug-likeness (QED) is 0.792. The van der Waals surface area contributed by atoms with Gasteiger partial charge in [0.1, 0.15) is 18.9 Å². The summed E-state index contributed by atoms with van der Waals surface area (Å²) >= 11 is 0. The van der Waals surface area contributed by atoms with Crippen molar-refractivity contribution < 1.29 is 23.5 Å². The number of esters is 1. The summed E-state index contributed by atoms with van der Waals surface area (Å²) in [5.74, 6) is -0.116. The van der Waals surface area contributed by atoms with Gasteiger partial charge in [0.15, 0.2) is 0 Å². The van der Waals surface area contributed by atoms with Crippen LogP contribution in [0, 0.1) is 0 Å². The van der Waals surface area contributed by atoms with Crippen molar-refractivity contribution in [2.24, 2.45) is 5.73 Å². The molecule has 0 aromatic heterocycles. The molecule has 6 nitrogen and oxygen atoms in total. The van der Waals surface area contributed by atoms with E-state index in [4.69, 9.17) is 10.5 Å². The Kier molecular flexibility index (Phi) is 5.70. The van der Waals surface area contributed by atoms with E-state index in [0.29, 0.717) is 36.2 Å². The summed E-state index contributed by atoms with van der Waals surface area (Å²) in [6, 6.07) is 5.05. The minimum Gasteiger partial charge on any atom is -0.489 e. The zero-order chi connectivity index (χ0) is 16.8. The molecule has 0 unspecified atom stereocenters. The molecule has 0 aliphatic carbocycles. The van der Waals surface area contributed by atoms with E-state index in [9.17, 15) is 14.0 Å². The molecule has 1 heterocycles. The molecule has 124 valence electrons. The molecule has 0 saturated heterocycles. The molecule has 23 heavy (non-hydrogen) atoms. The molecule has 2 rings (SSSR count). The first-order valence-electron chi connectivity index (χ1n) is 7.19. The van der Waals surface area contributed by atoms with Gasteiger partial charge in [-0.15, -0.1) is 0 Å². The topological polar surface area (TPSA) is 81.9 Å². The number of nitrogens with two attached hydrogens (primary N) is 1. The number of hydrogen-bond acceptors (Lipinski definition) is 5. The Bertz CT molecular complexity index is 631. The van der Waals surface area contributed by atoms with Crippen LogP contribution in [0.15, 0.2) is 30.1 Å². The number of halogens is 1. The van der Waals surface area contributed by atoms with Crippen LogP contribution in [-0.2, 0) is 16.0 Å². The molecule has 2 N–H and O–H groups in total. The normalized spacial score (nSPS) is 14.5. The van der Waals surface area contributed by atoms with Crippen molar-refractivity contribution in [1.29, 1.82) is 0 Å². The summed E-state index contributed by atoms with van der Waals surface area (Å²) in [5.41, 5.74) is 7.09. The summed E-state index contributed by atoms with van der Waals surface area (Å²) < 4.78 is 22.5. The van der Waals surface area contributed by atoms with Crippen LogP contribution in [0.2, 0.25) is 0 Å². The molecule has 1 aliphatic rings. The fraction of sp³-hybridized carbons (Fsp3) is 0.375. The van der Waals surface area contributed by atoms with Gasteiger partial charge in [0.05, 0.1) is 13.4 Å². The van der Waals surface area contributed by atoms with Crippen LogP contribution in [0.25, 0.3) is 0 Å². The number of carbonyl (C=O) groups is 2. The van der Waals surface area contributed by atoms with Crippen LogP contribution in [0.5, 0.6) is 5.75 Å². The molecule has 1 aromatic carbocycles. The lowest BCUT2D eigenvalue weighted by Gasteiger charge is -2.27. The third kappa shape index (κ3) is 4.07. The Balaban J connectivity index is 2.08. The average Bonchev–Trinajstić information content (AvgIpc) is 2.58. The van der Waals surface area contributed by atoms with E-state index in [0.717, 1.165) is 5.56 Å². The van der Waals surface area contributed by atoms with Gasteiger partial charge < -0.3 is 20.1 Å². The van der Waals surface area contributed by atoms with Crippen molar-refractivity contribution in [2.75, 3.05) is 33.4 Å². The number of fused-ring (bicyclic) bond motifs is 1. The second-order valence-electron chi connectivity index (χ2n) is 5.13. The number of carbonyl (C=O) groups excluding carboxylic acids is 2. The van der Waals surface area contributed by atoms with Gasteiger partial charge in [0.2, 0.25) is 0 Å². The summed E-state index contributed by atoms with van der Waals surface area (Å²) in [7, 11) is 1.29. The zero-order valence-electron chi connectivity index (χ0n) is 12.9. The van der Waals surface area contributed by atoms with Crippen molar-refractivity contribution in [3.63, 3.8) is 0 Å². The number of hydrogen-bond donors (Lipinski definition) is 1. The minimum absolute atomic E-state index is 0.0613. The fourth-order valence-electron chi connectivity index (χ4n) is 2.28. The number of rotatable bonds is 6. The maximum atomic E-state index is 12.5. The Labute approximate surface area is 133 Å². The highest BCUT2D eigenvalue weighted by Gasteiger charge is 2.26. The van der Waals surface area contributed by atoms with E-state index in [1.54, 1.807) is 18.2 Å². The van der Waals surface area contributed by atoms with E-state index in [-0.39, 0.29) is 25.6 Å². The molecule has 0 spiro atoms. The van der Waals surface area contributed by atoms with Crippen LogP contribution in [-0.4, -0.2) is 50.1 Å². The van der Waals surface area contributed by atoms with Gasteiger partial charge in [-0.1, -0.05) is 0 Å². The fourth-order valence-corrected chi connectivity index (χ4v) is 2.28. The Morgan fingerprint density at radius 1 is 1.48 bits per heavy atom. The van der Waals surface area contributed by atoms with Crippen LogP contribution >= 0.6 is 0 Å². The van der Waals surface area contributed by atoms with Gasteiger partial charge in [-0.3, -0.25) is 9.59 Å². The van der Waals surface area contributed by atoms with Gasteiger partial charge >= 0.3 is 5.97 Å². The Morgan fingerprint density at radius 2 is 2.26 bits per heavy atom. The lowest BCUT2D eigenvalue weighted by Crippen LogP contribution is -2.41. The number of amides is 1. The standard InChI is InChI=1S/C16H19FN2O4/c1-22-15(20)9-19-5-4-12-6-13(2-3-14(12)16(19)21)23-10-11(7-17)8-18/h2-3,6-7H,4-5,8-10,18H2,1H3/b11-7-. The maximum Gasteiger partial charge on any atom is 0.325 e. The molecular weight excluding hydrogens is 303 g/mol.